The van der Waals surface area contributed by atoms with Crippen molar-refractivity contribution in [1.29, 1.82) is 0 Å². The molecule has 42 heavy (non-hydrogen) atoms. The van der Waals surface area contributed by atoms with E-state index in [1.54, 1.807) is 36.4 Å². The topological polar surface area (TPSA) is 124 Å². The van der Waals surface area contributed by atoms with Gasteiger partial charge in [0.2, 0.25) is 11.7 Å². The van der Waals surface area contributed by atoms with E-state index in [0.29, 0.717) is 16.7 Å². The molecule has 0 aromatic heterocycles. The van der Waals surface area contributed by atoms with Gasteiger partial charge >= 0.3 is 5.97 Å². The van der Waals surface area contributed by atoms with Crippen molar-refractivity contribution in [3.63, 3.8) is 0 Å². The first-order chi connectivity index (χ1) is 20.6. The molecule has 1 fully saturated rings. The largest absolute Gasteiger partial charge is 0.499 e. The van der Waals surface area contributed by atoms with Gasteiger partial charge in [0, 0.05) is 29.7 Å². The monoisotopic (exact) mass is 571 g/mol. The van der Waals surface area contributed by atoms with E-state index >= 15 is 0 Å². The second-order valence-electron chi connectivity index (χ2n) is 9.82. The Balaban J connectivity index is 1.49. The normalized spacial score (nSPS) is 20.9. The standard InChI is InChI=1S/C33H33NO8/c35-17-16-34-31(37)24-21-28(40-32(38)27-14-8-7-9-23(27)15-19-39-20-18-36)30-29(22-24)41-33(42-30,25-10-3-1-4-11-25)26-12-5-2-6-13-26/h1-15,19,22,28-30,35-36H,16-18,20-21H2,(H,34,37)/t28-,29-,30+/m1/s1. The molecule has 0 bridgehead atoms. The lowest BCUT2D eigenvalue weighted by molar-refractivity contribution is -0.157. The number of carbonyl (C=O) groups is 2. The highest BCUT2D eigenvalue weighted by atomic mass is 16.8. The molecule has 218 valence electrons. The maximum absolute atomic E-state index is 13.6. The number of hydrogen-bond acceptors (Lipinski definition) is 8. The fourth-order valence-corrected chi connectivity index (χ4v) is 5.15. The molecule has 1 aliphatic heterocycles. The SMILES string of the molecule is O=C(NCCO)C1=C[C@H]2OC(c3ccccc3)(c3ccccc3)O[C@H]2[C@H](OC(=O)c2ccccc2C=COCCO)C1. The summed E-state index contributed by atoms with van der Waals surface area (Å²) in [7, 11) is 0. The van der Waals surface area contributed by atoms with Crippen molar-refractivity contribution >= 4 is 18.0 Å². The minimum atomic E-state index is -1.30. The second-order valence-corrected chi connectivity index (χ2v) is 9.82. The number of hydrogen-bond donors (Lipinski definition) is 3. The van der Waals surface area contributed by atoms with Gasteiger partial charge < -0.3 is 34.5 Å². The number of benzene rings is 3. The second kappa shape index (κ2) is 13.6. The Kier molecular flexibility index (Phi) is 9.45. The summed E-state index contributed by atoms with van der Waals surface area (Å²) in [6.07, 6.45) is 2.53. The molecule has 5 rings (SSSR count). The summed E-state index contributed by atoms with van der Waals surface area (Å²) in [4.78, 5) is 26.6. The summed E-state index contributed by atoms with van der Waals surface area (Å²) >= 11 is 0. The zero-order valence-corrected chi connectivity index (χ0v) is 22.9. The number of fused-ring (bicyclic) bond motifs is 1. The van der Waals surface area contributed by atoms with Crippen molar-refractivity contribution in [1.82, 2.24) is 5.32 Å². The van der Waals surface area contributed by atoms with Crippen LogP contribution in [0.3, 0.4) is 0 Å². The average molecular weight is 572 g/mol. The third-order valence-electron chi connectivity index (χ3n) is 7.07. The van der Waals surface area contributed by atoms with E-state index in [1.807, 2.05) is 60.7 Å². The predicted octanol–water partition coefficient (Wildman–Crippen LogP) is 3.32. The van der Waals surface area contributed by atoms with E-state index in [-0.39, 0.29) is 38.7 Å². The fraction of sp³-hybridized carbons (Fsp3) is 0.273. The van der Waals surface area contributed by atoms with Crippen LogP contribution < -0.4 is 5.32 Å². The highest BCUT2D eigenvalue weighted by molar-refractivity contribution is 5.95. The van der Waals surface area contributed by atoms with Crippen LogP contribution in [0.25, 0.3) is 6.08 Å². The van der Waals surface area contributed by atoms with E-state index < -0.39 is 30.1 Å². The van der Waals surface area contributed by atoms with Gasteiger partial charge in [0.05, 0.1) is 25.0 Å². The Morgan fingerprint density at radius 2 is 1.57 bits per heavy atom. The number of esters is 1. The lowest BCUT2D eigenvalue weighted by Crippen LogP contribution is -2.43. The van der Waals surface area contributed by atoms with Crippen LogP contribution in [0, 0.1) is 0 Å². The van der Waals surface area contributed by atoms with Crippen molar-refractivity contribution in [2.24, 2.45) is 0 Å². The number of ether oxygens (including phenoxy) is 4. The van der Waals surface area contributed by atoms with E-state index in [9.17, 15) is 14.7 Å². The number of carbonyl (C=O) groups excluding carboxylic acids is 2. The smallest absolute Gasteiger partial charge is 0.339 e. The van der Waals surface area contributed by atoms with Gasteiger partial charge in [-0.25, -0.2) is 4.79 Å². The highest BCUT2D eigenvalue weighted by Crippen LogP contribution is 2.47. The van der Waals surface area contributed by atoms with Gasteiger partial charge in [-0.1, -0.05) is 78.9 Å². The Bertz CT molecular complexity index is 1380. The van der Waals surface area contributed by atoms with Crippen LogP contribution >= 0.6 is 0 Å². The maximum Gasteiger partial charge on any atom is 0.339 e. The Morgan fingerprint density at radius 3 is 2.24 bits per heavy atom. The highest BCUT2D eigenvalue weighted by Gasteiger charge is 2.54. The Hall–Kier alpha value is -4.28. The van der Waals surface area contributed by atoms with E-state index in [4.69, 9.17) is 24.1 Å². The number of aliphatic hydroxyl groups is 2. The molecule has 3 N–H and O–H groups in total. The van der Waals surface area contributed by atoms with E-state index in [1.165, 1.54) is 6.26 Å². The molecule has 1 heterocycles. The minimum absolute atomic E-state index is 0.0854. The van der Waals surface area contributed by atoms with Gasteiger partial charge in [-0.3, -0.25) is 4.79 Å². The molecule has 0 radical (unpaired) electrons. The van der Waals surface area contributed by atoms with Crippen LogP contribution in [0.4, 0.5) is 0 Å². The van der Waals surface area contributed by atoms with Crippen LogP contribution in [0.2, 0.25) is 0 Å². The fourth-order valence-electron chi connectivity index (χ4n) is 5.15. The molecule has 0 spiro atoms. The zero-order valence-electron chi connectivity index (χ0n) is 22.9. The first kappa shape index (κ1) is 29.2. The molecular formula is C33H33NO8. The molecule has 0 unspecified atom stereocenters. The average Bonchev–Trinajstić information content (AvgIpc) is 3.44. The van der Waals surface area contributed by atoms with Crippen molar-refractivity contribution in [3.05, 3.63) is 125 Å². The lowest BCUT2D eigenvalue weighted by atomic mass is 9.91. The van der Waals surface area contributed by atoms with Crippen LogP contribution in [-0.2, 0) is 29.5 Å². The van der Waals surface area contributed by atoms with Crippen LogP contribution in [0.1, 0.15) is 33.5 Å². The summed E-state index contributed by atoms with van der Waals surface area (Å²) < 4.78 is 24.7. The first-order valence-corrected chi connectivity index (χ1v) is 13.8. The number of aliphatic hydroxyl groups excluding tert-OH is 2. The number of rotatable bonds is 11. The molecule has 3 aromatic carbocycles. The summed E-state index contributed by atoms with van der Waals surface area (Å²) in [5.74, 6) is -2.28. The Labute approximate surface area is 244 Å². The molecule has 3 aromatic rings. The molecule has 0 saturated carbocycles. The molecule has 9 nitrogen and oxygen atoms in total. The van der Waals surface area contributed by atoms with Crippen LogP contribution in [-0.4, -0.2) is 66.8 Å². The number of nitrogens with one attached hydrogen (secondary N) is 1. The molecule has 1 amide bonds. The van der Waals surface area contributed by atoms with Crippen molar-refractivity contribution in [2.45, 2.75) is 30.5 Å². The zero-order chi connectivity index (χ0) is 29.4. The molecule has 1 aliphatic carbocycles. The molecule has 2 aliphatic rings. The molecule has 9 heteroatoms. The Morgan fingerprint density at radius 1 is 0.905 bits per heavy atom. The van der Waals surface area contributed by atoms with Crippen LogP contribution in [0.15, 0.2) is 103 Å². The van der Waals surface area contributed by atoms with Gasteiger partial charge in [0.25, 0.3) is 0 Å². The van der Waals surface area contributed by atoms with Gasteiger partial charge in [-0.05, 0) is 23.8 Å². The molecule has 1 saturated heterocycles. The summed E-state index contributed by atoms with van der Waals surface area (Å²) in [6, 6.07) is 25.9. The quantitative estimate of drug-likeness (QED) is 0.182. The summed E-state index contributed by atoms with van der Waals surface area (Å²) in [5, 5.41) is 20.9. The third kappa shape index (κ3) is 6.29. The summed E-state index contributed by atoms with van der Waals surface area (Å²) in [6.45, 7) is -0.123. The van der Waals surface area contributed by atoms with Crippen LogP contribution in [0.5, 0.6) is 0 Å². The van der Waals surface area contributed by atoms with Gasteiger partial charge in [-0.15, -0.1) is 0 Å². The maximum atomic E-state index is 13.6. The van der Waals surface area contributed by atoms with Gasteiger partial charge in [0.15, 0.2) is 0 Å². The van der Waals surface area contributed by atoms with E-state index in [2.05, 4.69) is 5.32 Å². The predicted molar refractivity (Wildman–Crippen MR) is 154 cm³/mol. The van der Waals surface area contributed by atoms with E-state index in [0.717, 1.165) is 11.1 Å². The third-order valence-corrected chi connectivity index (χ3v) is 7.07. The van der Waals surface area contributed by atoms with Gasteiger partial charge in [0.1, 0.15) is 24.9 Å². The first-order valence-electron chi connectivity index (χ1n) is 13.8. The van der Waals surface area contributed by atoms with Crippen molar-refractivity contribution in [2.75, 3.05) is 26.4 Å². The van der Waals surface area contributed by atoms with Gasteiger partial charge in [-0.2, -0.15) is 0 Å². The minimum Gasteiger partial charge on any atom is -0.499 e. The van der Waals surface area contributed by atoms with Crippen molar-refractivity contribution in [3.8, 4) is 0 Å². The number of amides is 1. The molecule has 3 atom stereocenters. The molecular weight excluding hydrogens is 538 g/mol. The summed E-state index contributed by atoms with van der Waals surface area (Å²) in [5.41, 5.74) is 2.75. The van der Waals surface area contributed by atoms with Crippen molar-refractivity contribution < 1.29 is 38.7 Å². The lowest BCUT2D eigenvalue weighted by Gasteiger charge is -2.31.